The lowest BCUT2D eigenvalue weighted by Crippen LogP contribution is -2.19. The van der Waals surface area contributed by atoms with Crippen molar-refractivity contribution in [2.24, 2.45) is 0 Å². The van der Waals surface area contributed by atoms with Crippen LogP contribution in [0.5, 0.6) is 0 Å². The Balaban J connectivity index is 2.91. The van der Waals surface area contributed by atoms with Crippen LogP contribution in [0.3, 0.4) is 0 Å². The smallest absolute Gasteiger partial charge is 0.302 e. The van der Waals surface area contributed by atoms with E-state index in [1.807, 2.05) is 44.2 Å². The Morgan fingerprint density at radius 3 is 1.80 bits per heavy atom. The summed E-state index contributed by atoms with van der Waals surface area (Å²) >= 11 is 0. The lowest BCUT2D eigenvalue weighted by Gasteiger charge is -2.25. The average molecular weight is 298 g/mol. The van der Waals surface area contributed by atoms with Crippen LogP contribution in [0.25, 0.3) is 0 Å². The van der Waals surface area contributed by atoms with E-state index in [2.05, 4.69) is 13.8 Å². The van der Waals surface area contributed by atoms with Gasteiger partial charge in [0.15, 0.2) is 0 Å². The molecule has 114 valence electrons. The zero-order chi connectivity index (χ0) is 15.0. The summed E-state index contributed by atoms with van der Waals surface area (Å²) in [5, 5.41) is 0.644. The van der Waals surface area contributed by atoms with Crippen molar-refractivity contribution in [1.29, 1.82) is 0 Å². The second-order valence-electron chi connectivity index (χ2n) is 5.24. The van der Waals surface area contributed by atoms with E-state index in [-0.39, 0.29) is 12.2 Å². The maximum atomic E-state index is 13.1. The summed E-state index contributed by atoms with van der Waals surface area (Å²) in [5.74, 6) is 0. The molecule has 4 heteroatoms. The maximum absolute atomic E-state index is 13.1. The van der Waals surface area contributed by atoms with Crippen molar-refractivity contribution < 1.29 is 13.6 Å². The van der Waals surface area contributed by atoms with Crippen LogP contribution in [0, 0.1) is 0 Å². The third-order valence-electron chi connectivity index (χ3n) is 3.10. The quantitative estimate of drug-likeness (QED) is 0.607. The highest BCUT2D eigenvalue weighted by Gasteiger charge is 2.31. The van der Waals surface area contributed by atoms with Crippen LogP contribution in [0.4, 0.5) is 0 Å². The predicted molar refractivity (Wildman–Crippen MR) is 84.6 cm³/mol. The minimum Gasteiger partial charge on any atom is -0.302 e. The second kappa shape index (κ2) is 8.61. The topological polar surface area (TPSA) is 35.5 Å². The van der Waals surface area contributed by atoms with Crippen molar-refractivity contribution in [2.45, 2.75) is 65.6 Å². The largest absolute Gasteiger partial charge is 0.361 e. The van der Waals surface area contributed by atoms with Gasteiger partial charge < -0.3 is 9.05 Å². The number of hydrogen-bond acceptors (Lipinski definition) is 3. The average Bonchev–Trinajstić information content (AvgIpc) is 2.40. The Morgan fingerprint density at radius 2 is 1.40 bits per heavy atom. The fraction of sp³-hybridized carbons (Fsp3) is 0.625. The standard InChI is InChI=1S/C16H27O3P/c1-5-10-14(3)18-20(17,19-15(4)11-6-2)16-12-8-7-9-13-16/h7-9,12-15H,5-6,10-11H2,1-4H3. The van der Waals surface area contributed by atoms with E-state index >= 15 is 0 Å². The fourth-order valence-corrected chi connectivity index (χ4v) is 4.14. The van der Waals surface area contributed by atoms with Crippen LogP contribution < -0.4 is 5.30 Å². The lowest BCUT2D eigenvalue weighted by molar-refractivity contribution is 0.125. The van der Waals surface area contributed by atoms with Gasteiger partial charge in [-0.15, -0.1) is 0 Å². The first-order valence-electron chi connectivity index (χ1n) is 7.54. The number of hydrogen-bond donors (Lipinski definition) is 0. The summed E-state index contributed by atoms with van der Waals surface area (Å²) in [4.78, 5) is 0. The predicted octanol–water partition coefficient (Wildman–Crippen LogP) is 4.92. The normalized spacial score (nSPS) is 17.4. The molecule has 1 rings (SSSR count). The molecule has 0 radical (unpaired) electrons. The number of rotatable bonds is 9. The Hall–Kier alpha value is -0.630. The first-order chi connectivity index (χ1) is 9.51. The Kier molecular flexibility index (Phi) is 7.50. The Labute approximate surface area is 123 Å². The minimum absolute atomic E-state index is 0.0696. The van der Waals surface area contributed by atoms with Gasteiger partial charge in [0.1, 0.15) is 0 Å². The van der Waals surface area contributed by atoms with Crippen LogP contribution in [0.15, 0.2) is 30.3 Å². The van der Waals surface area contributed by atoms with E-state index in [9.17, 15) is 4.57 Å². The maximum Gasteiger partial charge on any atom is 0.361 e. The molecule has 0 N–H and O–H groups in total. The molecule has 0 aliphatic heterocycles. The van der Waals surface area contributed by atoms with Crippen molar-refractivity contribution in [2.75, 3.05) is 0 Å². The molecule has 0 amide bonds. The molecule has 0 aliphatic carbocycles. The van der Waals surface area contributed by atoms with Gasteiger partial charge in [0.05, 0.1) is 17.5 Å². The molecule has 0 fully saturated rings. The van der Waals surface area contributed by atoms with Crippen molar-refractivity contribution in [3.05, 3.63) is 30.3 Å². The van der Waals surface area contributed by atoms with Crippen molar-refractivity contribution in [3.63, 3.8) is 0 Å². The summed E-state index contributed by atoms with van der Waals surface area (Å²) in [6, 6.07) is 9.27. The highest BCUT2D eigenvalue weighted by molar-refractivity contribution is 7.62. The van der Waals surface area contributed by atoms with E-state index in [4.69, 9.17) is 9.05 Å². The SMILES string of the molecule is CCCC(C)OP(=O)(OC(C)CCC)c1ccccc1. The van der Waals surface area contributed by atoms with Gasteiger partial charge in [-0.05, 0) is 38.8 Å². The van der Waals surface area contributed by atoms with E-state index < -0.39 is 7.60 Å². The molecule has 0 heterocycles. The van der Waals surface area contributed by atoms with Crippen LogP contribution in [0.1, 0.15) is 53.4 Å². The van der Waals surface area contributed by atoms with Gasteiger partial charge in [-0.3, -0.25) is 4.57 Å². The third kappa shape index (κ3) is 5.40. The molecule has 0 aromatic heterocycles. The summed E-state index contributed by atoms with van der Waals surface area (Å²) in [6.07, 6.45) is 3.62. The van der Waals surface area contributed by atoms with Gasteiger partial charge in [-0.25, -0.2) is 0 Å². The minimum atomic E-state index is -3.24. The summed E-state index contributed by atoms with van der Waals surface area (Å²) in [7, 11) is -3.24. The zero-order valence-electron chi connectivity index (χ0n) is 13.0. The number of benzene rings is 1. The van der Waals surface area contributed by atoms with Crippen LogP contribution in [-0.4, -0.2) is 12.2 Å². The van der Waals surface area contributed by atoms with Gasteiger partial charge in [0.2, 0.25) is 0 Å². The molecule has 1 aromatic carbocycles. The summed E-state index contributed by atoms with van der Waals surface area (Å²) in [5.41, 5.74) is 0. The van der Waals surface area contributed by atoms with Crippen LogP contribution in [0.2, 0.25) is 0 Å². The lowest BCUT2D eigenvalue weighted by atomic mass is 10.2. The van der Waals surface area contributed by atoms with E-state index in [1.54, 1.807) is 0 Å². The second-order valence-corrected chi connectivity index (χ2v) is 7.18. The van der Waals surface area contributed by atoms with Crippen LogP contribution in [-0.2, 0) is 13.6 Å². The van der Waals surface area contributed by atoms with Gasteiger partial charge in [-0.1, -0.05) is 44.9 Å². The molecular weight excluding hydrogens is 271 g/mol. The van der Waals surface area contributed by atoms with Gasteiger partial charge >= 0.3 is 7.60 Å². The van der Waals surface area contributed by atoms with E-state index in [1.165, 1.54) is 0 Å². The molecular formula is C16H27O3P. The first-order valence-corrected chi connectivity index (χ1v) is 9.08. The summed E-state index contributed by atoms with van der Waals surface area (Å²) in [6.45, 7) is 8.08. The molecule has 0 saturated carbocycles. The molecule has 3 nitrogen and oxygen atoms in total. The van der Waals surface area contributed by atoms with E-state index in [0.29, 0.717) is 5.30 Å². The van der Waals surface area contributed by atoms with Gasteiger partial charge in [0, 0.05) is 0 Å². The van der Waals surface area contributed by atoms with Crippen molar-refractivity contribution in [1.82, 2.24) is 0 Å². The van der Waals surface area contributed by atoms with Crippen LogP contribution >= 0.6 is 7.60 Å². The monoisotopic (exact) mass is 298 g/mol. The van der Waals surface area contributed by atoms with Gasteiger partial charge in [0.25, 0.3) is 0 Å². The molecule has 2 atom stereocenters. The molecule has 0 bridgehead atoms. The third-order valence-corrected chi connectivity index (χ3v) is 5.31. The Bertz CT molecular complexity index is 401. The highest BCUT2D eigenvalue weighted by atomic mass is 31.2. The summed E-state index contributed by atoms with van der Waals surface area (Å²) < 4.78 is 24.8. The van der Waals surface area contributed by atoms with Gasteiger partial charge in [-0.2, -0.15) is 0 Å². The molecule has 0 saturated heterocycles. The highest BCUT2D eigenvalue weighted by Crippen LogP contribution is 2.50. The fourth-order valence-electron chi connectivity index (χ4n) is 2.15. The molecule has 0 aliphatic rings. The molecule has 0 spiro atoms. The molecule has 20 heavy (non-hydrogen) atoms. The zero-order valence-corrected chi connectivity index (χ0v) is 13.9. The molecule has 1 aromatic rings. The molecule has 2 unspecified atom stereocenters. The van der Waals surface area contributed by atoms with E-state index in [0.717, 1.165) is 25.7 Å². The Morgan fingerprint density at radius 1 is 0.950 bits per heavy atom. The van der Waals surface area contributed by atoms with Crippen molar-refractivity contribution >= 4 is 12.9 Å². The van der Waals surface area contributed by atoms with Crippen molar-refractivity contribution in [3.8, 4) is 0 Å². The first kappa shape index (κ1) is 17.4.